The van der Waals surface area contributed by atoms with Crippen molar-refractivity contribution in [1.29, 1.82) is 0 Å². The molecule has 0 bridgehead atoms. The molecule has 0 radical (unpaired) electrons. The summed E-state index contributed by atoms with van der Waals surface area (Å²) < 4.78 is 6.48. The lowest BCUT2D eigenvalue weighted by atomic mass is 9.76. The maximum Gasteiger partial charge on any atom is 0.327 e. The Bertz CT molecular complexity index is 602. The van der Waals surface area contributed by atoms with Crippen molar-refractivity contribution in [2.24, 2.45) is 10.8 Å². The van der Waals surface area contributed by atoms with Crippen LogP contribution < -0.4 is 0 Å². The minimum Gasteiger partial charge on any atom is -0.481 e. The van der Waals surface area contributed by atoms with Crippen molar-refractivity contribution in [3.8, 4) is 0 Å². The first-order valence-electron chi connectivity index (χ1n) is 10.9. The van der Waals surface area contributed by atoms with Crippen LogP contribution in [-0.4, -0.2) is 64.2 Å². The molecule has 0 aromatic heterocycles. The van der Waals surface area contributed by atoms with Gasteiger partial charge in [-0.1, -0.05) is 40.5 Å². The molecule has 29 heavy (non-hydrogen) atoms. The fraction of sp³-hybridized carbons (Fsp3) is 0.864. The van der Waals surface area contributed by atoms with E-state index in [1.54, 1.807) is 13.8 Å². The number of urea groups is 1. The van der Waals surface area contributed by atoms with Crippen LogP contribution in [0.25, 0.3) is 0 Å². The van der Waals surface area contributed by atoms with E-state index in [0.29, 0.717) is 13.0 Å². The minimum atomic E-state index is -1.03. The Kier molecular flexibility index (Phi) is 8.69. The lowest BCUT2D eigenvalue weighted by Gasteiger charge is -2.45. The standard InChI is InChI=1S/C22H40N2O5/c1-9-12-16(29-17(13-10-2)22(7,8)19(26)27)21(5,6)15(4)24-18(25)14-23(11-3)20(24)28/h15-17H,9-14H2,1-8H3,(H,26,27). The molecule has 0 aliphatic carbocycles. The van der Waals surface area contributed by atoms with Gasteiger partial charge in [-0.05, 0) is 40.5 Å². The third-order valence-electron chi connectivity index (χ3n) is 6.53. The van der Waals surface area contributed by atoms with Gasteiger partial charge in [0.1, 0.15) is 6.54 Å². The van der Waals surface area contributed by atoms with Crippen molar-refractivity contribution in [1.82, 2.24) is 9.80 Å². The molecule has 3 amide bonds. The first-order chi connectivity index (χ1) is 13.4. The van der Waals surface area contributed by atoms with Gasteiger partial charge in [0.25, 0.3) is 5.91 Å². The third-order valence-corrected chi connectivity index (χ3v) is 6.53. The summed E-state index contributed by atoms with van der Waals surface area (Å²) in [5, 5.41) is 9.71. The smallest absolute Gasteiger partial charge is 0.327 e. The van der Waals surface area contributed by atoms with E-state index in [0.717, 1.165) is 19.3 Å². The molecule has 0 spiro atoms. The van der Waals surface area contributed by atoms with Gasteiger partial charge in [0.05, 0.1) is 17.6 Å². The third kappa shape index (κ3) is 5.30. The van der Waals surface area contributed by atoms with Gasteiger partial charge in [-0.3, -0.25) is 14.5 Å². The number of aliphatic carboxylic acids is 1. The lowest BCUT2D eigenvalue weighted by molar-refractivity contribution is -0.170. The fourth-order valence-electron chi connectivity index (χ4n) is 3.87. The Morgan fingerprint density at radius 3 is 2.00 bits per heavy atom. The summed E-state index contributed by atoms with van der Waals surface area (Å²) in [5.74, 6) is -1.08. The van der Waals surface area contributed by atoms with Crippen LogP contribution in [0.3, 0.4) is 0 Å². The molecule has 1 fully saturated rings. The first-order valence-corrected chi connectivity index (χ1v) is 10.9. The second-order valence-electron chi connectivity index (χ2n) is 9.28. The zero-order chi connectivity index (χ0) is 22.6. The molecule has 3 unspecified atom stereocenters. The zero-order valence-corrected chi connectivity index (χ0v) is 19.4. The topological polar surface area (TPSA) is 87.2 Å². The molecule has 1 saturated heterocycles. The Balaban J connectivity index is 3.18. The van der Waals surface area contributed by atoms with Crippen LogP contribution in [0.2, 0.25) is 0 Å². The van der Waals surface area contributed by atoms with E-state index in [1.165, 1.54) is 9.80 Å². The van der Waals surface area contributed by atoms with E-state index in [9.17, 15) is 19.5 Å². The summed E-state index contributed by atoms with van der Waals surface area (Å²) in [7, 11) is 0. The number of rotatable bonds is 12. The lowest BCUT2D eigenvalue weighted by Crippen LogP contribution is -2.54. The molecular formula is C22H40N2O5. The normalized spacial score (nSPS) is 18.9. The molecule has 1 aliphatic heterocycles. The number of likely N-dealkylation sites (N-methyl/N-ethyl adjacent to an activating group) is 1. The van der Waals surface area contributed by atoms with Gasteiger partial charge in [0.15, 0.2) is 0 Å². The monoisotopic (exact) mass is 412 g/mol. The van der Waals surface area contributed by atoms with Gasteiger partial charge in [-0.2, -0.15) is 0 Å². The first kappa shape index (κ1) is 25.4. The largest absolute Gasteiger partial charge is 0.481 e. The van der Waals surface area contributed by atoms with Crippen molar-refractivity contribution in [3.05, 3.63) is 0 Å². The van der Waals surface area contributed by atoms with Crippen molar-refractivity contribution in [2.45, 2.75) is 99.3 Å². The van der Waals surface area contributed by atoms with Crippen molar-refractivity contribution < 1.29 is 24.2 Å². The highest BCUT2D eigenvalue weighted by molar-refractivity contribution is 6.02. The van der Waals surface area contributed by atoms with Crippen LogP contribution in [-0.2, 0) is 14.3 Å². The molecule has 0 saturated carbocycles. The average Bonchev–Trinajstić information content (AvgIpc) is 2.93. The van der Waals surface area contributed by atoms with E-state index < -0.39 is 22.9 Å². The fourth-order valence-corrected chi connectivity index (χ4v) is 3.87. The second kappa shape index (κ2) is 9.92. The molecule has 7 nitrogen and oxygen atoms in total. The summed E-state index contributed by atoms with van der Waals surface area (Å²) in [6, 6.07) is -0.630. The molecule has 1 rings (SSSR count). The molecule has 7 heteroatoms. The zero-order valence-electron chi connectivity index (χ0n) is 19.4. The molecule has 1 aliphatic rings. The van der Waals surface area contributed by atoms with Crippen LogP contribution in [0.1, 0.15) is 81.1 Å². The number of carboxylic acids is 1. The molecule has 3 atom stereocenters. The van der Waals surface area contributed by atoms with Gasteiger partial charge in [0.2, 0.25) is 0 Å². The Labute approximate surface area is 175 Å². The molecule has 0 aromatic carbocycles. The van der Waals surface area contributed by atoms with Gasteiger partial charge >= 0.3 is 12.0 Å². The highest BCUT2D eigenvalue weighted by Gasteiger charge is 2.48. The van der Waals surface area contributed by atoms with Gasteiger partial charge in [-0.25, -0.2) is 4.79 Å². The van der Waals surface area contributed by atoms with Crippen molar-refractivity contribution in [3.63, 3.8) is 0 Å². The van der Waals surface area contributed by atoms with Crippen LogP contribution in [0.5, 0.6) is 0 Å². The number of nitrogens with zero attached hydrogens (tertiary/aromatic N) is 2. The quantitative estimate of drug-likeness (QED) is 0.487. The van der Waals surface area contributed by atoms with Gasteiger partial charge < -0.3 is 14.7 Å². The summed E-state index contributed by atoms with van der Waals surface area (Å²) in [6.45, 7) is 15.8. The second-order valence-corrected chi connectivity index (χ2v) is 9.28. The maximum absolute atomic E-state index is 12.7. The maximum atomic E-state index is 12.7. The van der Waals surface area contributed by atoms with Crippen LogP contribution in [0, 0.1) is 10.8 Å². The molecule has 1 heterocycles. The number of hydrogen-bond acceptors (Lipinski definition) is 4. The highest BCUT2D eigenvalue weighted by Crippen LogP contribution is 2.39. The summed E-state index contributed by atoms with van der Waals surface area (Å²) in [5.41, 5.74) is -1.56. The number of imide groups is 1. The van der Waals surface area contributed by atoms with E-state index in [1.807, 2.05) is 34.6 Å². The number of amides is 3. The summed E-state index contributed by atoms with van der Waals surface area (Å²) >= 11 is 0. The molecule has 1 N–H and O–H groups in total. The number of carbonyl (C=O) groups is 3. The number of carboxylic acid groups (broad SMARTS) is 1. The Morgan fingerprint density at radius 1 is 1.07 bits per heavy atom. The van der Waals surface area contributed by atoms with Crippen molar-refractivity contribution in [2.75, 3.05) is 13.1 Å². The average molecular weight is 413 g/mol. The van der Waals surface area contributed by atoms with E-state index in [2.05, 4.69) is 6.92 Å². The predicted molar refractivity (Wildman–Crippen MR) is 113 cm³/mol. The number of ether oxygens (including phenoxy) is 1. The van der Waals surface area contributed by atoms with Crippen LogP contribution in [0.15, 0.2) is 0 Å². The highest BCUT2D eigenvalue weighted by atomic mass is 16.5. The Morgan fingerprint density at radius 2 is 1.59 bits per heavy atom. The van der Waals surface area contributed by atoms with Crippen LogP contribution >= 0.6 is 0 Å². The minimum absolute atomic E-state index is 0.111. The molecule has 168 valence electrons. The van der Waals surface area contributed by atoms with Gasteiger partial charge in [-0.15, -0.1) is 0 Å². The van der Waals surface area contributed by atoms with E-state index >= 15 is 0 Å². The predicted octanol–water partition coefficient (Wildman–Crippen LogP) is 4.15. The molecule has 0 aromatic rings. The summed E-state index contributed by atoms with van der Waals surface area (Å²) in [4.78, 5) is 40.0. The number of carbonyl (C=O) groups excluding carboxylic acids is 2. The van der Waals surface area contributed by atoms with Crippen LogP contribution in [0.4, 0.5) is 4.79 Å². The van der Waals surface area contributed by atoms with E-state index in [4.69, 9.17) is 4.74 Å². The van der Waals surface area contributed by atoms with Gasteiger partial charge in [0, 0.05) is 18.0 Å². The summed E-state index contributed by atoms with van der Waals surface area (Å²) in [6.07, 6.45) is 2.29. The SMILES string of the molecule is CCCC(OC(CCC)C(C)(C)C(C)N1C(=O)CN(CC)C1=O)C(C)(C)C(=O)O. The van der Waals surface area contributed by atoms with E-state index in [-0.39, 0.29) is 30.6 Å². The number of hydrogen-bond donors (Lipinski definition) is 1. The molecular weight excluding hydrogens is 372 g/mol. The Hall–Kier alpha value is -1.63. The van der Waals surface area contributed by atoms with Crippen molar-refractivity contribution >= 4 is 17.9 Å².